The molecule has 19 heavy (non-hydrogen) atoms. The molecule has 1 aromatic rings. The van der Waals surface area contributed by atoms with Gasteiger partial charge in [-0.1, -0.05) is 32.4 Å². The Morgan fingerprint density at radius 3 is 2.89 bits per heavy atom. The van der Waals surface area contributed by atoms with Gasteiger partial charge in [-0.25, -0.2) is 4.98 Å². The van der Waals surface area contributed by atoms with Crippen molar-refractivity contribution < 1.29 is 0 Å². The molecule has 1 saturated heterocycles. The average molecular weight is 282 g/mol. The molecule has 0 spiro atoms. The largest absolute Gasteiger partial charge is 0.355 e. The lowest BCUT2D eigenvalue weighted by Crippen LogP contribution is -2.40. The van der Waals surface area contributed by atoms with Crippen molar-refractivity contribution in [3.63, 3.8) is 0 Å². The summed E-state index contributed by atoms with van der Waals surface area (Å²) in [5.74, 6) is 0.940. The van der Waals surface area contributed by atoms with Crippen LogP contribution in [-0.4, -0.2) is 24.6 Å². The first kappa shape index (κ1) is 14.6. The van der Waals surface area contributed by atoms with Crippen LogP contribution in [0.2, 0.25) is 5.02 Å². The molecule has 0 aliphatic carbocycles. The van der Waals surface area contributed by atoms with Crippen molar-refractivity contribution in [1.82, 2.24) is 10.3 Å². The fraction of sp³-hybridized carbons (Fsp3) is 0.667. The van der Waals surface area contributed by atoms with Gasteiger partial charge in [-0.05, 0) is 36.4 Å². The van der Waals surface area contributed by atoms with Crippen LogP contribution >= 0.6 is 11.6 Å². The zero-order valence-corrected chi connectivity index (χ0v) is 12.9. The molecule has 0 radical (unpaired) electrons. The van der Waals surface area contributed by atoms with Gasteiger partial charge in [0, 0.05) is 25.8 Å². The quantitative estimate of drug-likeness (QED) is 0.916. The standard InChI is InChI=1S/C15H24ClN3/c1-4-17-9-12-8-13(16)14(18-10-12)19-7-5-6-15(2,3)11-19/h8,10,17H,4-7,9,11H2,1-3H3. The number of anilines is 1. The number of hydrogen-bond donors (Lipinski definition) is 1. The highest BCUT2D eigenvalue weighted by Gasteiger charge is 2.28. The molecule has 1 aliphatic heterocycles. The van der Waals surface area contributed by atoms with Gasteiger partial charge in [0.1, 0.15) is 5.82 Å². The minimum atomic E-state index is 0.353. The number of pyridine rings is 1. The number of halogens is 1. The molecule has 0 aromatic carbocycles. The normalized spacial score (nSPS) is 18.6. The smallest absolute Gasteiger partial charge is 0.147 e. The zero-order valence-electron chi connectivity index (χ0n) is 12.2. The topological polar surface area (TPSA) is 28.2 Å². The van der Waals surface area contributed by atoms with Gasteiger partial charge in [0.2, 0.25) is 0 Å². The number of nitrogens with one attached hydrogen (secondary N) is 1. The van der Waals surface area contributed by atoms with E-state index in [0.29, 0.717) is 5.41 Å². The van der Waals surface area contributed by atoms with E-state index >= 15 is 0 Å². The molecular weight excluding hydrogens is 258 g/mol. The number of hydrogen-bond acceptors (Lipinski definition) is 3. The summed E-state index contributed by atoms with van der Waals surface area (Å²) in [6.07, 6.45) is 4.43. The van der Waals surface area contributed by atoms with Crippen LogP contribution in [0.25, 0.3) is 0 Å². The molecule has 1 aromatic heterocycles. The third kappa shape index (κ3) is 3.83. The van der Waals surface area contributed by atoms with E-state index in [2.05, 4.69) is 36.0 Å². The monoisotopic (exact) mass is 281 g/mol. The van der Waals surface area contributed by atoms with Crippen LogP contribution < -0.4 is 10.2 Å². The van der Waals surface area contributed by atoms with E-state index in [0.717, 1.165) is 42.6 Å². The summed E-state index contributed by atoms with van der Waals surface area (Å²) in [7, 11) is 0. The molecule has 2 heterocycles. The summed E-state index contributed by atoms with van der Waals surface area (Å²) in [5, 5.41) is 4.06. The van der Waals surface area contributed by atoms with Crippen LogP contribution in [0.4, 0.5) is 5.82 Å². The van der Waals surface area contributed by atoms with Crippen molar-refractivity contribution >= 4 is 17.4 Å². The highest BCUT2D eigenvalue weighted by molar-refractivity contribution is 6.33. The number of aromatic nitrogens is 1. The summed E-state index contributed by atoms with van der Waals surface area (Å²) in [5.41, 5.74) is 1.50. The third-order valence-corrected chi connectivity index (χ3v) is 3.94. The Bertz CT molecular complexity index is 431. The van der Waals surface area contributed by atoms with Gasteiger partial charge in [-0.15, -0.1) is 0 Å². The van der Waals surface area contributed by atoms with Gasteiger partial charge in [0.25, 0.3) is 0 Å². The number of nitrogens with zero attached hydrogens (tertiary/aromatic N) is 2. The Morgan fingerprint density at radius 1 is 1.47 bits per heavy atom. The predicted octanol–water partition coefficient (Wildman–Crippen LogP) is 3.47. The third-order valence-electron chi connectivity index (χ3n) is 3.66. The maximum atomic E-state index is 6.40. The maximum Gasteiger partial charge on any atom is 0.147 e. The lowest BCUT2D eigenvalue weighted by Gasteiger charge is -2.39. The van der Waals surface area contributed by atoms with E-state index in [1.807, 2.05) is 12.3 Å². The lowest BCUT2D eigenvalue weighted by atomic mass is 9.84. The summed E-state index contributed by atoms with van der Waals surface area (Å²) in [6, 6.07) is 2.04. The Kier molecular flexibility index (Phi) is 4.69. The predicted molar refractivity (Wildman–Crippen MR) is 81.9 cm³/mol. The molecule has 1 N–H and O–H groups in total. The lowest BCUT2D eigenvalue weighted by molar-refractivity contribution is 0.292. The summed E-state index contributed by atoms with van der Waals surface area (Å²) in [4.78, 5) is 6.90. The summed E-state index contributed by atoms with van der Waals surface area (Å²) in [6.45, 7) is 10.6. The van der Waals surface area contributed by atoms with E-state index in [1.54, 1.807) is 0 Å². The van der Waals surface area contributed by atoms with Crippen molar-refractivity contribution in [3.05, 3.63) is 22.8 Å². The van der Waals surface area contributed by atoms with Gasteiger partial charge in [-0.2, -0.15) is 0 Å². The minimum absolute atomic E-state index is 0.353. The highest BCUT2D eigenvalue weighted by atomic mass is 35.5. The molecule has 0 atom stereocenters. The molecular formula is C15H24ClN3. The first-order valence-corrected chi connectivity index (χ1v) is 7.50. The minimum Gasteiger partial charge on any atom is -0.355 e. The molecule has 3 nitrogen and oxygen atoms in total. The van der Waals surface area contributed by atoms with Gasteiger partial charge in [0.05, 0.1) is 5.02 Å². The first-order valence-electron chi connectivity index (χ1n) is 7.12. The van der Waals surface area contributed by atoms with Crippen molar-refractivity contribution in [1.29, 1.82) is 0 Å². The molecule has 1 fully saturated rings. The average Bonchev–Trinajstić information content (AvgIpc) is 2.35. The van der Waals surface area contributed by atoms with Crippen LogP contribution in [0, 0.1) is 5.41 Å². The van der Waals surface area contributed by atoms with Crippen molar-refractivity contribution in [2.24, 2.45) is 5.41 Å². The van der Waals surface area contributed by atoms with Crippen LogP contribution in [0.15, 0.2) is 12.3 Å². The molecule has 0 saturated carbocycles. The Hall–Kier alpha value is -0.800. The fourth-order valence-corrected chi connectivity index (χ4v) is 2.98. The zero-order chi connectivity index (χ0) is 13.9. The number of piperidine rings is 1. The molecule has 1 aliphatic rings. The number of rotatable bonds is 4. The SMILES string of the molecule is CCNCc1cnc(N2CCCC(C)(C)C2)c(Cl)c1. The fourth-order valence-electron chi connectivity index (χ4n) is 2.67. The molecule has 106 valence electrons. The first-order chi connectivity index (χ1) is 9.02. The molecule has 4 heteroatoms. The van der Waals surface area contributed by atoms with Crippen LogP contribution in [0.1, 0.15) is 39.2 Å². The van der Waals surface area contributed by atoms with Gasteiger partial charge < -0.3 is 10.2 Å². The second kappa shape index (κ2) is 6.10. The molecule has 0 bridgehead atoms. The molecule has 0 amide bonds. The van der Waals surface area contributed by atoms with Crippen LogP contribution in [0.3, 0.4) is 0 Å². The van der Waals surface area contributed by atoms with E-state index in [9.17, 15) is 0 Å². The Balaban J connectivity index is 2.12. The van der Waals surface area contributed by atoms with Crippen molar-refractivity contribution in [2.45, 2.75) is 40.2 Å². The van der Waals surface area contributed by atoms with Crippen molar-refractivity contribution in [2.75, 3.05) is 24.5 Å². The van der Waals surface area contributed by atoms with Crippen molar-refractivity contribution in [3.8, 4) is 0 Å². The summed E-state index contributed by atoms with van der Waals surface area (Å²) >= 11 is 6.40. The molecule has 0 unspecified atom stereocenters. The highest BCUT2D eigenvalue weighted by Crippen LogP contribution is 2.33. The van der Waals surface area contributed by atoms with Crippen LogP contribution in [0.5, 0.6) is 0 Å². The molecule has 2 rings (SSSR count). The van der Waals surface area contributed by atoms with Crippen LogP contribution in [-0.2, 0) is 6.54 Å². The Morgan fingerprint density at radius 2 is 2.26 bits per heavy atom. The van der Waals surface area contributed by atoms with E-state index < -0.39 is 0 Å². The van der Waals surface area contributed by atoms with Gasteiger partial charge in [0.15, 0.2) is 0 Å². The summed E-state index contributed by atoms with van der Waals surface area (Å²) < 4.78 is 0. The maximum absolute atomic E-state index is 6.40. The van der Waals surface area contributed by atoms with Gasteiger partial charge >= 0.3 is 0 Å². The van der Waals surface area contributed by atoms with E-state index in [1.165, 1.54) is 12.8 Å². The second-order valence-corrected chi connectivity index (χ2v) is 6.53. The van der Waals surface area contributed by atoms with Gasteiger partial charge in [-0.3, -0.25) is 0 Å². The Labute approximate surface area is 121 Å². The van der Waals surface area contributed by atoms with E-state index in [4.69, 9.17) is 11.6 Å². The second-order valence-electron chi connectivity index (χ2n) is 6.12. The van der Waals surface area contributed by atoms with E-state index in [-0.39, 0.29) is 0 Å².